The lowest BCUT2D eigenvalue weighted by atomic mass is 10.0. The van der Waals surface area contributed by atoms with Gasteiger partial charge in [0.15, 0.2) is 6.29 Å². The second-order valence-electron chi connectivity index (χ2n) is 9.79. The largest absolute Gasteiger partial charge is 0.493 e. The Morgan fingerprint density at radius 3 is 2.90 bits per heavy atom. The van der Waals surface area contributed by atoms with Crippen LogP contribution in [-0.2, 0) is 27.1 Å². The van der Waals surface area contributed by atoms with E-state index in [0.29, 0.717) is 49.0 Å². The van der Waals surface area contributed by atoms with E-state index in [2.05, 4.69) is 21.5 Å². The number of fused-ring (bicyclic) bond motifs is 2. The fourth-order valence-corrected chi connectivity index (χ4v) is 5.22. The van der Waals surface area contributed by atoms with Crippen LogP contribution >= 0.6 is 0 Å². The Bertz CT molecular complexity index is 1520. The number of pyridine rings is 2. The van der Waals surface area contributed by atoms with Crippen molar-refractivity contribution in [1.29, 1.82) is 0 Å². The zero-order chi connectivity index (χ0) is 27.5. The van der Waals surface area contributed by atoms with Gasteiger partial charge < -0.3 is 29.4 Å². The molecule has 11 heteroatoms. The molecule has 2 aliphatic heterocycles. The van der Waals surface area contributed by atoms with Crippen LogP contribution in [0, 0.1) is 0 Å². The number of nitrogens with one attached hydrogen (secondary N) is 1. The third-order valence-corrected chi connectivity index (χ3v) is 7.15. The van der Waals surface area contributed by atoms with Gasteiger partial charge in [-0.3, -0.25) is 14.5 Å². The summed E-state index contributed by atoms with van der Waals surface area (Å²) >= 11 is 0. The molecule has 6 rings (SSSR count). The standard InChI is InChI=1S/C29H31N5O6/c1-37-28-22(29-39-11-12-40-29)14-19(16-31-28)26(15-27(35)36)34-25-7-5-21(13-18(25)17-32-34)38-10-8-20-4-6-23-24(33-20)3-2-9-30-23/h4-7,13-14,16-17,26,29-30H,2-3,8-12,15H2,1H3,(H,35,36). The molecule has 1 unspecified atom stereocenters. The first kappa shape index (κ1) is 26.0. The highest BCUT2D eigenvalue weighted by Crippen LogP contribution is 2.34. The van der Waals surface area contributed by atoms with Crippen LogP contribution in [0.1, 0.15) is 47.7 Å². The molecule has 11 nitrogen and oxygen atoms in total. The van der Waals surface area contributed by atoms with Crippen molar-refractivity contribution in [3.05, 3.63) is 71.3 Å². The quantitative estimate of drug-likeness (QED) is 0.302. The number of hydrogen-bond donors (Lipinski definition) is 2. The second-order valence-corrected chi connectivity index (χ2v) is 9.79. The number of carbonyl (C=O) groups is 1. The number of hydrogen-bond acceptors (Lipinski definition) is 9. The molecule has 208 valence electrons. The Labute approximate surface area is 231 Å². The van der Waals surface area contributed by atoms with Crippen molar-refractivity contribution >= 4 is 22.6 Å². The number of anilines is 1. The molecular formula is C29H31N5O6. The van der Waals surface area contributed by atoms with Gasteiger partial charge in [-0.2, -0.15) is 5.10 Å². The van der Waals surface area contributed by atoms with Crippen LogP contribution < -0.4 is 14.8 Å². The van der Waals surface area contributed by atoms with Gasteiger partial charge in [0.1, 0.15) is 5.75 Å². The van der Waals surface area contributed by atoms with E-state index < -0.39 is 18.3 Å². The summed E-state index contributed by atoms with van der Waals surface area (Å²) in [5.74, 6) is 0.135. The Morgan fingerprint density at radius 1 is 1.20 bits per heavy atom. The molecule has 1 atom stereocenters. The van der Waals surface area contributed by atoms with Crippen LogP contribution in [0.4, 0.5) is 5.69 Å². The number of aryl methyl sites for hydroxylation is 1. The summed E-state index contributed by atoms with van der Waals surface area (Å²) in [4.78, 5) is 21.1. The number of aliphatic carboxylic acids is 1. The maximum absolute atomic E-state index is 11.9. The fraction of sp³-hybridized carbons (Fsp3) is 0.379. The number of nitrogens with zero attached hydrogens (tertiary/aromatic N) is 4. The van der Waals surface area contributed by atoms with Crippen molar-refractivity contribution < 1.29 is 28.8 Å². The number of methoxy groups -OCH3 is 1. The maximum atomic E-state index is 11.9. The lowest BCUT2D eigenvalue weighted by Crippen LogP contribution is -2.17. The Morgan fingerprint density at radius 2 is 2.08 bits per heavy atom. The van der Waals surface area contributed by atoms with Crippen LogP contribution in [0.15, 0.2) is 48.8 Å². The molecule has 5 heterocycles. The molecule has 0 amide bonds. The summed E-state index contributed by atoms with van der Waals surface area (Å²) in [7, 11) is 1.52. The molecule has 0 saturated carbocycles. The maximum Gasteiger partial charge on any atom is 0.305 e. The highest BCUT2D eigenvalue weighted by Gasteiger charge is 2.27. The first-order chi connectivity index (χ1) is 19.6. The van der Waals surface area contributed by atoms with E-state index in [4.69, 9.17) is 23.9 Å². The molecule has 0 bridgehead atoms. The van der Waals surface area contributed by atoms with Crippen LogP contribution in [0.5, 0.6) is 11.6 Å². The SMILES string of the molecule is COc1ncc(C(CC(=O)O)n2ncc3cc(OCCc4ccc5c(n4)CCCN5)ccc32)cc1C1OCCO1. The van der Waals surface area contributed by atoms with Gasteiger partial charge in [0.25, 0.3) is 0 Å². The molecule has 1 saturated heterocycles. The summed E-state index contributed by atoms with van der Waals surface area (Å²) in [6, 6.07) is 11.0. The Hall–Kier alpha value is -4.22. The van der Waals surface area contributed by atoms with Gasteiger partial charge >= 0.3 is 5.97 Å². The zero-order valence-corrected chi connectivity index (χ0v) is 22.2. The van der Waals surface area contributed by atoms with Gasteiger partial charge in [0.2, 0.25) is 5.88 Å². The molecule has 0 radical (unpaired) electrons. The molecule has 1 aromatic carbocycles. The second kappa shape index (κ2) is 11.5. The van der Waals surface area contributed by atoms with E-state index in [1.807, 2.05) is 30.3 Å². The van der Waals surface area contributed by atoms with Gasteiger partial charge in [-0.1, -0.05) is 0 Å². The van der Waals surface area contributed by atoms with Gasteiger partial charge in [-0.15, -0.1) is 0 Å². The highest BCUT2D eigenvalue weighted by atomic mass is 16.7. The minimum atomic E-state index is -0.953. The number of aromatic nitrogens is 4. The molecule has 0 aliphatic carbocycles. The lowest BCUT2D eigenvalue weighted by Gasteiger charge is -2.20. The fourth-order valence-electron chi connectivity index (χ4n) is 5.22. The molecule has 2 N–H and O–H groups in total. The van der Waals surface area contributed by atoms with Crippen LogP contribution in [-0.4, -0.2) is 64.3 Å². The molecule has 0 spiro atoms. The van der Waals surface area contributed by atoms with Crippen molar-refractivity contribution in [2.75, 3.05) is 38.8 Å². The van der Waals surface area contributed by atoms with Crippen molar-refractivity contribution in [3.8, 4) is 11.6 Å². The smallest absolute Gasteiger partial charge is 0.305 e. The molecule has 2 aliphatic rings. The van der Waals surface area contributed by atoms with E-state index in [0.717, 1.165) is 47.4 Å². The average Bonchev–Trinajstić information content (AvgIpc) is 3.66. The predicted octanol–water partition coefficient (Wildman–Crippen LogP) is 3.92. The normalized spacial score (nSPS) is 15.9. The lowest BCUT2D eigenvalue weighted by molar-refractivity contribution is -0.137. The van der Waals surface area contributed by atoms with E-state index in [9.17, 15) is 9.90 Å². The first-order valence-corrected chi connectivity index (χ1v) is 13.4. The molecule has 40 heavy (non-hydrogen) atoms. The van der Waals surface area contributed by atoms with Crippen molar-refractivity contribution in [2.45, 2.75) is 38.0 Å². The monoisotopic (exact) mass is 545 g/mol. The average molecular weight is 546 g/mol. The van der Waals surface area contributed by atoms with E-state index in [-0.39, 0.29) is 6.42 Å². The van der Waals surface area contributed by atoms with Crippen molar-refractivity contribution in [2.24, 2.45) is 0 Å². The number of rotatable bonds is 10. The zero-order valence-electron chi connectivity index (χ0n) is 22.2. The number of ether oxygens (including phenoxy) is 4. The van der Waals surface area contributed by atoms with Crippen LogP contribution in [0.3, 0.4) is 0 Å². The van der Waals surface area contributed by atoms with Gasteiger partial charge in [-0.05, 0) is 54.8 Å². The summed E-state index contributed by atoms with van der Waals surface area (Å²) in [6.07, 6.45) is 5.33. The predicted molar refractivity (Wildman–Crippen MR) is 146 cm³/mol. The summed E-state index contributed by atoms with van der Waals surface area (Å²) in [5.41, 5.74) is 5.32. The summed E-state index contributed by atoms with van der Waals surface area (Å²) < 4.78 is 24.5. The molecular weight excluding hydrogens is 514 g/mol. The topological polar surface area (TPSA) is 130 Å². The molecule has 3 aromatic heterocycles. The number of carboxylic acid groups (broad SMARTS) is 1. The number of carboxylic acids is 1. The molecule has 4 aromatic rings. The molecule has 1 fully saturated rings. The van der Waals surface area contributed by atoms with Crippen molar-refractivity contribution in [3.63, 3.8) is 0 Å². The van der Waals surface area contributed by atoms with Crippen LogP contribution in [0.2, 0.25) is 0 Å². The highest BCUT2D eigenvalue weighted by molar-refractivity contribution is 5.81. The van der Waals surface area contributed by atoms with Crippen LogP contribution in [0.25, 0.3) is 10.9 Å². The third-order valence-electron chi connectivity index (χ3n) is 7.15. The van der Waals surface area contributed by atoms with Gasteiger partial charge in [0.05, 0.1) is 68.1 Å². The van der Waals surface area contributed by atoms with Gasteiger partial charge in [0, 0.05) is 30.2 Å². The summed E-state index contributed by atoms with van der Waals surface area (Å²) in [6.45, 7) is 2.42. The first-order valence-electron chi connectivity index (χ1n) is 13.4. The van der Waals surface area contributed by atoms with E-state index in [1.54, 1.807) is 17.1 Å². The van der Waals surface area contributed by atoms with E-state index >= 15 is 0 Å². The van der Waals surface area contributed by atoms with E-state index in [1.165, 1.54) is 7.11 Å². The Balaban J connectivity index is 1.21. The summed E-state index contributed by atoms with van der Waals surface area (Å²) in [5, 5.41) is 18.5. The minimum Gasteiger partial charge on any atom is -0.493 e. The number of benzene rings is 1. The Kier molecular flexibility index (Phi) is 7.47. The third kappa shape index (κ3) is 5.43. The van der Waals surface area contributed by atoms with Gasteiger partial charge in [-0.25, -0.2) is 4.98 Å². The minimum absolute atomic E-state index is 0.182. The van der Waals surface area contributed by atoms with Crippen molar-refractivity contribution in [1.82, 2.24) is 19.7 Å².